The first-order chi connectivity index (χ1) is 10.8. The van der Waals surface area contributed by atoms with Gasteiger partial charge in [-0.05, 0) is 18.9 Å². The highest BCUT2D eigenvalue weighted by Gasteiger charge is 2.10. The summed E-state index contributed by atoms with van der Waals surface area (Å²) in [7, 11) is 4.81. The Morgan fingerprint density at radius 3 is 2.45 bits per heavy atom. The Morgan fingerprint density at radius 2 is 1.73 bits per heavy atom. The van der Waals surface area contributed by atoms with Gasteiger partial charge in [-0.3, -0.25) is 10.4 Å². The van der Waals surface area contributed by atoms with E-state index in [1.54, 1.807) is 33.6 Å². The molecule has 0 amide bonds. The fraction of sp³-hybridized carbons (Fsp3) is 0.500. The fourth-order valence-corrected chi connectivity index (χ4v) is 2.30. The summed E-state index contributed by atoms with van der Waals surface area (Å²) in [5.41, 5.74) is 3.83. The van der Waals surface area contributed by atoms with Crippen LogP contribution in [0.1, 0.15) is 31.2 Å². The summed E-state index contributed by atoms with van der Waals surface area (Å²) >= 11 is 0. The van der Waals surface area contributed by atoms with Gasteiger partial charge in [0.2, 0.25) is 0 Å². The SMILES string of the molecule is COc1cc(OC)c(OC)cc1C=NNC1=NCCCCC1. The minimum Gasteiger partial charge on any atom is -0.496 e. The van der Waals surface area contributed by atoms with Crippen LogP contribution in [0.15, 0.2) is 22.2 Å². The Hall–Kier alpha value is -2.24. The van der Waals surface area contributed by atoms with E-state index in [0.717, 1.165) is 37.2 Å². The summed E-state index contributed by atoms with van der Waals surface area (Å²) in [5.74, 6) is 2.87. The van der Waals surface area contributed by atoms with Crippen LogP contribution in [-0.2, 0) is 0 Å². The van der Waals surface area contributed by atoms with E-state index in [4.69, 9.17) is 14.2 Å². The van der Waals surface area contributed by atoms with Crippen molar-refractivity contribution in [3.05, 3.63) is 17.7 Å². The van der Waals surface area contributed by atoms with Crippen LogP contribution in [0.5, 0.6) is 17.2 Å². The Kier molecular flexibility index (Phi) is 6.06. The first-order valence-corrected chi connectivity index (χ1v) is 7.41. The van der Waals surface area contributed by atoms with E-state index in [1.807, 2.05) is 6.07 Å². The molecule has 1 aliphatic rings. The number of hydrogen-bond donors (Lipinski definition) is 1. The largest absolute Gasteiger partial charge is 0.496 e. The molecular formula is C16H23N3O3. The lowest BCUT2D eigenvalue weighted by Crippen LogP contribution is -2.17. The average Bonchev–Trinajstić information content (AvgIpc) is 2.83. The van der Waals surface area contributed by atoms with Crippen molar-refractivity contribution in [1.29, 1.82) is 0 Å². The summed E-state index contributed by atoms with van der Waals surface area (Å²) in [6.45, 7) is 0.873. The lowest BCUT2D eigenvalue weighted by molar-refractivity contribution is 0.349. The molecule has 6 nitrogen and oxygen atoms in total. The highest BCUT2D eigenvalue weighted by atomic mass is 16.5. The number of methoxy groups -OCH3 is 3. The van der Waals surface area contributed by atoms with Crippen LogP contribution in [0.25, 0.3) is 0 Å². The van der Waals surface area contributed by atoms with Gasteiger partial charge < -0.3 is 14.2 Å². The predicted molar refractivity (Wildman–Crippen MR) is 87.6 cm³/mol. The number of ether oxygens (including phenoxy) is 3. The maximum absolute atomic E-state index is 5.37. The minimum atomic E-state index is 0.623. The molecule has 2 rings (SSSR count). The summed E-state index contributed by atoms with van der Waals surface area (Å²) in [5, 5.41) is 4.26. The van der Waals surface area contributed by atoms with E-state index in [0.29, 0.717) is 17.2 Å². The second-order valence-electron chi connectivity index (χ2n) is 4.96. The smallest absolute Gasteiger partial charge is 0.164 e. The minimum absolute atomic E-state index is 0.623. The van der Waals surface area contributed by atoms with Crippen LogP contribution in [0.3, 0.4) is 0 Å². The molecule has 1 aromatic carbocycles. The highest BCUT2D eigenvalue weighted by Crippen LogP contribution is 2.33. The maximum Gasteiger partial charge on any atom is 0.164 e. The fourth-order valence-electron chi connectivity index (χ4n) is 2.30. The van der Waals surface area contributed by atoms with Crippen molar-refractivity contribution in [2.75, 3.05) is 27.9 Å². The third-order valence-electron chi connectivity index (χ3n) is 3.51. The number of hydrazone groups is 1. The molecule has 0 atom stereocenters. The molecule has 0 saturated heterocycles. The van der Waals surface area contributed by atoms with Gasteiger partial charge in [0.25, 0.3) is 0 Å². The standard InChI is InChI=1S/C16H23N3O3/c1-20-13-10-15(22-3)14(21-2)9-12(13)11-18-19-16-7-5-4-6-8-17-16/h9-11H,4-8H2,1-3H3,(H,17,19). The molecule has 0 unspecified atom stereocenters. The Balaban J connectivity index is 2.13. The average molecular weight is 305 g/mol. The molecule has 1 aromatic rings. The summed E-state index contributed by atoms with van der Waals surface area (Å²) < 4.78 is 15.9. The summed E-state index contributed by atoms with van der Waals surface area (Å²) in [4.78, 5) is 4.47. The molecule has 1 heterocycles. The number of nitrogens with one attached hydrogen (secondary N) is 1. The summed E-state index contributed by atoms with van der Waals surface area (Å²) in [6, 6.07) is 3.61. The van der Waals surface area contributed by atoms with Crippen molar-refractivity contribution in [1.82, 2.24) is 5.43 Å². The van der Waals surface area contributed by atoms with Gasteiger partial charge in [0.1, 0.15) is 11.6 Å². The van der Waals surface area contributed by atoms with Crippen LogP contribution in [0.2, 0.25) is 0 Å². The number of rotatable bonds is 5. The van der Waals surface area contributed by atoms with E-state index in [1.165, 1.54) is 6.42 Å². The number of benzene rings is 1. The molecule has 0 spiro atoms. The molecule has 0 saturated carbocycles. The zero-order chi connectivity index (χ0) is 15.8. The topological polar surface area (TPSA) is 64.4 Å². The van der Waals surface area contributed by atoms with Crippen LogP contribution >= 0.6 is 0 Å². The molecule has 6 heteroatoms. The molecule has 0 bridgehead atoms. The van der Waals surface area contributed by atoms with Gasteiger partial charge in [-0.15, -0.1) is 0 Å². The first-order valence-electron chi connectivity index (χ1n) is 7.41. The van der Waals surface area contributed by atoms with Crippen LogP contribution in [0.4, 0.5) is 0 Å². The van der Waals surface area contributed by atoms with Gasteiger partial charge >= 0.3 is 0 Å². The van der Waals surface area contributed by atoms with Crippen LogP contribution in [0, 0.1) is 0 Å². The zero-order valence-corrected chi connectivity index (χ0v) is 13.4. The first kappa shape index (κ1) is 16.1. The molecule has 0 aliphatic carbocycles. The molecule has 0 aromatic heterocycles. The quantitative estimate of drug-likeness (QED) is 0.671. The molecule has 0 radical (unpaired) electrons. The summed E-state index contributed by atoms with van der Waals surface area (Å²) in [6.07, 6.45) is 6.18. The highest BCUT2D eigenvalue weighted by molar-refractivity contribution is 5.87. The van der Waals surface area contributed by atoms with Gasteiger partial charge in [0, 0.05) is 24.6 Å². The van der Waals surface area contributed by atoms with Crippen molar-refractivity contribution in [3.63, 3.8) is 0 Å². The lowest BCUT2D eigenvalue weighted by Gasteiger charge is -2.11. The second kappa shape index (κ2) is 8.26. The second-order valence-corrected chi connectivity index (χ2v) is 4.96. The molecule has 120 valence electrons. The van der Waals surface area contributed by atoms with Crippen molar-refractivity contribution in [2.24, 2.45) is 10.1 Å². The van der Waals surface area contributed by atoms with E-state index in [-0.39, 0.29) is 0 Å². The Morgan fingerprint density at radius 1 is 1.00 bits per heavy atom. The monoisotopic (exact) mass is 305 g/mol. The third-order valence-corrected chi connectivity index (χ3v) is 3.51. The van der Waals surface area contributed by atoms with Gasteiger partial charge in [-0.1, -0.05) is 6.42 Å². The van der Waals surface area contributed by atoms with Crippen molar-refractivity contribution < 1.29 is 14.2 Å². The van der Waals surface area contributed by atoms with Crippen molar-refractivity contribution in [2.45, 2.75) is 25.7 Å². The van der Waals surface area contributed by atoms with Gasteiger partial charge in [-0.25, -0.2) is 0 Å². The van der Waals surface area contributed by atoms with E-state index in [9.17, 15) is 0 Å². The third kappa shape index (κ3) is 4.13. The van der Waals surface area contributed by atoms with Gasteiger partial charge in [0.05, 0.1) is 27.5 Å². The molecular weight excluding hydrogens is 282 g/mol. The molecule has 1 aliphatic heterocycles. The number of aliphatic imine (C=N–C) groups is 1. The van der Waals surface area contributed by atoms with Gasteiger partial charge in [-0.2, -0.15) is 5.10 Å². The Bertz CT molecular complexity index is 556. The van der Waals surface area contributed by atoms with E-state index < -0.39 is 0 Å². The van der Waals surface area contributed by atoms with Gasteiger partial charge in [0.15, 0.2) is 11.5 Å². The molecule has 22 heavy (non-hydrogen) atoms. The zero-order valence-electron chi connectivity index (χ0n) is 13.4. The lowest BCUT2D eigenvalue weighted by atomic mass is 10.2. The van der Waals surface area contributed by atoms with Crippen molar-refractivity contribution >= 4 is 12.1 Å². The maximum atomic E-state index is 5.37. The van der Waals surface area contributed by atoms with E-state index in [2.05, 4.69) is 15.5 Å². The van der Waals surface area contributed by atoms with Crippen molar-refractivity contribution in [3.8, 4) is 17.2 Å². The number of nitrogens with zero attached hydrogens (tertiary/aromatic N) is 2. The molecule has 1 N–H and O–H groups in total. The van der Waals surface area contributed by atoms with Crippen LogP contribution in [-0.4, -0.2) is 39.9 Å². The normalized spacial score (nSPS) is 15.1. The predicted octanol–water partition coefficient (Wildman–Crippen LogP) is 2.61. The number of amidine groups is 1. The Labute approximate surface area is 131 Å². The van der Waals surface area contributed by atoms with E-state index >= 15 is 0 Å². The number of hydrogen-bond acceptors (Lipinski definition) is 6. The molecule has 0 fully saturated rings. The van der Waals surface area contributed by atoms with Crippen LogP contribution < -0.4 is 19.6 Å².